The minimum atomic E-state index is -0.783. The molecule has 2 fully saturated rings. The lowest BCUT2D eigenvalue weighted by molar-refractivity contribution is -0.126. The number of carbonyl (C=O) groups excluding carboxylic acids is 3. The Morgan fingerprint density at radius 3 is 2.70 bits per heavy atom. The van der Waals surface area contributed by atoms with Crippen LogP contribution in [0.2, 0.25) is 0 Å². The number of urea groups is 1. The SMILES string of the molecule is Cc1ccc2c(NC(=O)N3CCC[C@@H](C(=O)NCCC4CCCCC4)C3)c(C(N)=O)oc2n1. The van der Waals surface area contributed by atoms with Gasteiger partial charge in [-0.15, -0.1) is 0 Å². The number of carbonyl (C=O) groups is 3. The standard InChI is InChI=1S/C24H33N5O4/c1-15-9-10-18-19(20(21(25)30)33-23(18)27-15)28-24(32)29-13-5-8-17(14-29)22(31)26-12-11-16-6-3-2-4-7-16/h9-10,16-17H,2-8,11-14H2,1H3,(H2,25,30)(H,26,31)(H,28,32)/t17-/m1/s1. The summed E-state index contributed by atoms with van der Waals surface area (Å²) in [5.41, 5.74) is 6.64. The van der Waals surface area contributed by atoms with Crippen molar-refractivity contribution in [2.75, 3.05) is 25.0 Å². The zero-order valence-corrected chi connectivity index (χ0v) is 19.2. The first kappa shape index (κ1) is 23.1. The summed E-state index contributed by atoms with van der Waals surface area (Å²) in [6.07, 6.45) is 8.96. The number of primary amides is 1. The lowest BCUT2D eigenvalue weighted by Crippen LogP contribution is -2.47. The molecule has 4 rings (SSSR count). The number of aromatic nitrogens is 1. The number of aryl methyl sites for hydroxylation is 1. The van der Waals surface area contributed by atoms with Gasteiger partial charge in [-0.05, 0) is 44.2 Å². The zero-order valence-electron chi connectivity index (χ0n) is 19.2. The number of nitrogens with zero attached hydrogens (tertiary/aromatic N) is 2. The van der Waals surface area contributed by atoms with Crippen LogP contribution in [-0.2, 0) is 4.79 Å². The maximum Gasteiger partial charge on any atom is 0.321 e. The highest BCUT2D eigenvalue weighted by atomic mass is 16.4. The number of rotatable bonds is 6. The molecule has 9 nitrogen and oxygen atoms in total. The molecular formula is C24H33N5O4. The van der Waals surface area contributed by atoms with E-state index in [1.54, 1.807) is 24.0 Å². The van der Waals surface area contributed by atoms with Gasteiger partial charge < -0.3 is 25.7 Å². The Balaban J connectivity index is 1.36. The Kier molecular flexibility index (Phi) is 7.15. The van der Waals surface area contributed by atoms with E-state index in [9.17, 15) is 14.4 Å². The van der Waals surface area contributed by atoms with E-state index in [1.165, 1.54) is 32.1 Å². The second-order valence-electron chi connectivity index (χ2n) is 9.27. The van der Waals surface area contributed by atoms with E-state index < -0.39 is 5.91 Å². The summed E-state index contributed by atoms with van der Waals surface area (Å²) in [4.78, 5) is 43.5. The normalized spacial score (nSPS) is 19.4. The molecule has 0 spiro atoms. The molecule has 33 heavy (non-hydrogen) atoms. The smallest absolute Gasteiger partial charge is 0.321 e. The fourth-order valence-electron chi connectivity index (χ4n) is 4.95. The highest BCUT2D eigenvalue weighted by Gasteiger charge is 2.30. The van der Waals surface area contributed by atoms with Gasteiger partial charge in [0.05, 0.1) is 11.3 Å². The van der Waals surface area contributed by atoms with Gasteiger partial charge in [0, 0.05) is 25.3 Å². The van der Waals surface area contributed by atoms with Crippen LogP contribution in [0.1, 0.15) is 67.6 Å². The first-order chi connectivity index (χ1) is 15.9. The van der Waals surface area contributed by atoms with E-state index in [0.29, 0.717) is 25.0 Å². The molecule has 4 N–H and O–H groups in total. The molecule has 2 aliphatic rings. The van der Waals surface area contributed by atoms with Gasteiger partial charge in [0.2, 0.25) is 17.4 Å². The molecule has 4 amide bonds. The van der Waals surface area contributed by atoms with E-state index in [-0.39, 0.29) is 35.0 Å². The molecule has 2 aromatic heterocycles. The average molecular weight is 456 g/mol. The number of pyridine rings is 1. The van der Waals surface area contributed by atoms with Crippen LogP contribution >= 0.6 is 0 Å². The highest BCUT2D eigenvalue weighted by Crippen LogP contribution is 2.31. The average Bonchev–Trinajstić information content (AvgIpc) is 3.17. The summed E-state index contributed by atoms with van der Waals surface area (Å²) in [5.74, 6) is -0.429. The first-order valence-corrected chi connectivity index (χ1v) is 12.0. The topological polar surface area (TPSA) is 131 Å². The number of nitrogens with one attached hydrogen (secondary N) is 2. The number of fused-ring (bicyclic) bond motifs is 1. The monoisotopic (exact) mass is 455 g/mol. The summed E-state index contributed by atoms with van der Waals surface area (Å²) in [7, 11) is 0. The van der Waals surface area contributed by atoms with Crippen molar-refractivity contribution in [3.63, 3.8) is 0 Å². The maximum atomic E-state index is 13.0. The predicted molar refractivity (Wildman–Crippen MR) is 125 cm³/mol. The number of hydrogen-bond acceptors (Lipinski definition) is 5. The van der Waals surface area contributed by atoms with Gasteiger partial charge >= 0.3 is 6.03 Å². The molecule has 1 saturated carbocycles. The van der Waals surface area contributed by atoms with Crippen molar-refractivity contribution in [2.24, 2.45) is 17.6 Å². The number of piperidine rings is 1. The van der Waals surface area contributed by atoms with Gasteiger partial charge in [-0.25, -0.2) is 9.78 Å². The number of amides is 4. The van der Waals surface area contributed by atoms with Crippen molar-refractivity contribution in [3.8, 4) is 0 Å². The maximum absolute atomic E-state index is 13.0. The lowest BCUT2D eigenvalue weighted by Gasteiger charge is -2.32. The Labute approximate surface area is 193 Å². The lowest BCUT2D eigenvalue weighted by atomic mass is 9.87. The molecule has 2 aromatic rings. The number of hydrogen-bond donors (Lipinski definition) is 3. The van der Waals surface area contributed by atoms with Crippen molar-refractivity contribution in [3.05, 3.63) is 23.6 Å². The van der Waals surface area contributed by atoms with Crippen LogP contribution in [0.25, 0.3) is 11.1 Å². The van der Waals surface area contributed by atoms with E-state index in [0.717, 1.165) is 30.9 Å². The Morgan fingerprint density at radius 1 is 1.15 bits per heavy atom. The van der Waals surface area contributed by atoms with Crippen molar-refractivity contribution >= 4 is 34.6 Å². The number of likely N-dealkylation sites (tertiary alicyclic amines) is 1. The van der Waals surface area contributed by atoms with Gasteiger partial charge in [0.25, 0.3) is 5.91 Å². The Bertz CT molecular complexity index is 1030. The van der Waals surface area contributed by atoms with E-state index in [1.807, 2.05) is 0 Å². The van der Waals surface area contributed by atoms with Crippen molar-refractivity contribution < 1.29 is 18.8 Å². The molecular weight excluding hydrogens is 422 g/mol. The van der Waals surface area contributed by atoms with Crippen molar-refractivity contribution in [2.45, 2.75) is 58.3 Å². The molecule has 1 aliphatic carbocycles. The number of anilines is 1. The van der Waals surface area contributed by atoms with E-state index in [4.69, 9.17) is 10.2 Å². The molecule has 0 aromatic carbocycles. The number of furan rings is 1. The van der Waals surface area contributed by atoms with E-state index >= 15 is 0 Å². The fourth-order valence-corrected chi connectivity index (χ4v) is 4.95. The van der Waals surface area contributed by atoms with Crippen LogP contribution in [0.15, 0.2) is 16.5 Å². The second-order valence-corrected chi connectivity index (χ2v) is 9.27. The minimum absolute atomic E-state index is 0.00886. The third kappa shape index (κ3) is 5.46. The molecule has 1 saturated heterocycles. The third-order valence-corrected chi connectivity index (χ3v) is 6.81. The molecule has 1 atom stereocenters. The second kappa shape index (κ2) is 10.2. The van der Waals surface area contributed by atoms with Gasteiger partial charge in [0.15, 0.2) is 0 Å². The molecule has 0 radical (unpaired) electrons. The first-order valence-electron chi connectivity index (χ1n) is 12.0. The van der Waals surface area contributed by atoms with Gasteiger partial charge in [0.1, 0.15) is 5.69 Å². The van der Waals surface area contributed by atoms with Crippen molar-refractivity contribution in [1.29, 1.82) is 0 Å². The van der Waals surface area contributed by atoms with Crippen LogP contribution in [0, 0.1) is 18.8 Å². The van der Waals surface area contributed by atoms with Crippen LogP contribution in [0.3, 0.4) is 0 Å². The van der Waals surface area contributed by atoms with Crippen LogP contribution in [0.5, 0.6) is 0 Å². The predicted octanol–water partition coefficient (Wildman–Crippen LogP) is 3.57. The van der Waals surface area contributed by atoms with Gasteiger partial charge in [-0.1, -0.05) is 32.1 Å². The molecule has 9 heteroatoms. The summed E-state index contributed by atoms with van der Waals surface area (Å²) in [5, 5.41) is 6.36. The summed E-state index contributed by atoms with van der Waals surface area (Å²) in [6, 6.07) is 3.12. The van der Waals surface area contributed by atoms with Crippen LogP contribution in [0.4, 0.5) is 10.5 Å². The Morgan fingerprint density at radius 2 is 1.94 bits per heavy atom. The fraction of sp³-hybridized carbons (Fsp3) is 0.583. The summed E-state index contributed by atoms with van der Waals surface area (Å²) < 4.78 is 5.50. The number of nitrogens with two attached hydrogens (primary N) is 1. The molecule has 0 unspecified atom stereocenters. The van der Waals surface area contributed by atoms with Gasteiger partial charge in [-0.2, -0.15) is 0 Å². The summed E-state index contributed by atoms with van der Waals surface area (Å²) in [6.45, 7) is 3.37. The molecule has 1 aliphatic heterocycles. The molecule has 178 valence electrons. The minimum Gasteiger partial charge on any atom is -0.430 e. The summed E-state index contributed by atoms with van der Waals surface area (Å²) >= 11 is 0. The zero-order chi connectivity index (χ0) is 23.4. The molecule has 0 bridgehead atoms. The highest BCUT2D eigenvalue weighted by molar-refractivity contribution is 6.09. The van der Waals surface area contributed by atoms with Crippen LogP contribution in [-0.4, -0.2) is 47.4 Å². The Hall–Kier alpha value is -3.10. The largest absolute Gasteiger partial charge is 0.430 e. The van der Waals surface area contributed by atoms with Crippen molar-refractivity contribution in [1.82, 2.24) is 15.2 Å². The third-order valence-electron chi connectivity index (χ3n) is 6.81. The molecule has 3 heterocycles. The quantitative estimate of drug-likeness (QED) is 0.613. The van der Waals surface area contributed by atoms with E-state index in [2.05, 4.69) is 15.6 Å². The van der Waals surface area contributed by atoms with Crippen LogP contribution < -0.4 is 16.4 Å². The van der Waals surface area contributed by atoms with Gasteiger partial charge in [-0.3, -0.25) is 9.59 Å².